The van der Waals surface area contributed by atoms with Gasteiger partial charge in [0, 0.05) is 24.3 Å². The second kappa shape index (κ2) is 9.30. The van der Waals surface area contributed by atoms with E-state index in [2.05, 4.69) is 15.7 Å². The van der Waals surface area contributed by atoms with Crippen LogP contribution in [0.5, 0.6) is 0 Å². The maximum absolute atomic E-state index is 13.2. The van der Waals surface area contributed by atoms with Gasteiger partial charge in [0.2, 0.25) is 5.91 Å². The Morgan fingerprint density at radius 2 is 1.82 bits per heavy atom. The molecule has 176 valence electrons. The van der Waals surface area contributed by atoms with Gasteiger partial charge in [-0.25, -0.2) is 4.79 Å². The molecule has 9 heteroatoms. The van der Waals surface area contributed by atoms with Crippen LogP contribution in [0.25, 0.3) is 0 Å². The zero-order valence-corrected chi connectivity index (χ0v) is 19.9. The number of esters is 1. The van der Waals surface area contributed by atoms with Crippen LogP contribution in [-0.2, 0) is 28.5 Å². The largest absolute Gasteiger partial charge is 0.465 e. The predicted molar refractivity (Wildman–Crippen MR) is 128 cm³/mol. The number of carbonyl (C=O) groups is 3. The van der Waals surface area contributed by atoms with Gasteiger partial charge in [-0.05, 0) is 67.3 Å². The average Bonchev–Trinajstić information content (AvgIpc) is 3.56. The van der Waals surface area contributed by atoms with Crippen molar-refractivity contribution in [1.29, 1.82) is 0 Å². The Morgan fingerprint density at radius 3 is 2.41 bits per heavy atom. The number of carbonyl (C=O) groups excluding carboxylic acids is 3. The molecule has 0 unspecified atom stereocenters. The average molecular weight is 481 g/mol. The number of aryl methyl sites for hydroxylation is 2. The fraction of sp³-hybridized carbons (Fsp3) is 0.280. The summed E-state index contributed by atoms with van der Waals surface area (Å²) in [5.41, 5.74) is 2.82. The number of hydrogen-bond donors (Lipinski definition) is 2. The molecule has 8 nitrogen and oxygen atoms in total. The van der Waals surface area contributed by atoms with E-state index in [-0.39, 0.29) is 23.9 Å². The molecule has 0 atom stereocenters. The molecule has 0 spiro atoms. The van der Waals surface area contributed by atoms with Crippen LogP contribution >= 0.6 is 11.6 Å². The van der Waals surface area contributed by atoms with Crippen LogP contribution in [0.15, 0.2) is 48.5 Å². The predicted octanol–water partition coefficient (Wildman–Crippen LogP) is 3.77. The summed E-state index contributed by atoms with van der Waals surface area (Å²) < 4.78 is 6.37. The van der Waals surface area contributed by atoms with Crippen LogP contribution in [0, 0.1) is 6.92 Å². The summed E-state index contributed by atoms with van der Waals surface area (Å²) in [5, 5.41) is 10.6. The summed E-state index contributed by atoms with van der Waals surface area (Å²) in [7, 11) is 2.99. The maximum Gasteiger partial charge on any atom is 0.337 e. The second-order valence-corrected chi connectivity index (χ2v) is 8.87. The fourth-order valence-corrected chi connectivity index (χ4v) is 4.12. The van der Waals surface area contributed by atoms with E-state index in [1.54, 1.807) is 43.4 Å². The number of benzene rings is 2. The lowest BCUT2D eigenvalue weighted by Crippen LogP contribution is -2.28. The molecular formula is C25H25ClN4O4. The number of hydrogen-bond acceptors (Lipinski definition) is 5. The minimum absolute atomic E-state index is 0.152. The van der Waals surface area contributed by atoms with Crippen LogP contribution in [0.3, 0.4) is 0 Å². The van der Waals surface area contributed by atoms with Gasteiger partial charge < -0.3 is 15.4 Å². The Labute approximate surface area is 202 Å². The molecule has 1 heterocycles. The highest BCUT2D eigenvalue weighted by atomic mass is 35.5. The van der Waals surface area contributed by atoms with E-state index in [1.807, 2.05) is 19.1 Å². The van der Waals surface area contributed by atoms with Crippen LogP contribution < -0.4 is 10.6 Å². The standard InChI is InChI=1S/C25H25ClN4O4/c1-15-10-21(30(2)29-15)22(31)27-14-16-11-17(23(32)34-3)13-20(12-16)28-24(33)25(8-9-25)18-4-6-19(26)7-5-18/h4-7,10-13H,8-9,14H2,1-3H3,(H,27,31)(H,28,33). The molecule has 0 saturated heterocycles. The number of rotatable bonds is 7. The summed E-state index contributed by atoms with van der Waals surface area (Å²) in [6, 6.07) is 13.9. The molecule has 2 N–H and O–H groups in total. The minimum atomic E-state index is -0.613. The smallest absolute Gasteiger partial charge is 0.337 e. The summed E-state index contributed by atoms with van der Waals surface area (Å²) >= 11 is 5.99. The third-order valence-electron chi connectivity index (χ3n) is 5.94. The first-order valence-corrected chi connectivity index (χ1v) is 11.2. The monoisotopic (exact) mass is 480 g/mol. The van der Waals surface area contributed by atoms with E-state index in [4.69, 9.17) is 16.3 Å². The van der Waals surface area contributed by atoms with E-state index in [9.17, 15) is 14.4 Å². The first-order chi connectivity index (χ1) is 16.2. The van der Waals surface area contributed by atoms with Crippen LogP contribution in [0.2, 0.25) is 5.02 Å². The van der Waals surface area contributed by atoms with Gasteiger partial charge in [-0.15, -0.1) is 0 Å². The van der Waals surface area contributed by atoms with Crippen molar-refractivity contribution in [3.8, 4) is 0 Å². The summed E-state index contributed by atoms with van der Waals surface area (Å²) in [4.78, 5) is 38.0. The van der Waals surface area contributed by atoms with Gasteiger partial charge in [-0.3, -0.25) is 14.3 Å². The zero-order chi connectivity index (χ0) is 24.5. The molecule has 1 aromatic heterocycles. The number of anilines is 1. The van der Waals surface area contributed by atoms with Crippen molar-refractivity contribution in [2.45, 2.75) is 31.7 Å². The van der Waals surface area contributed by atoms with Crippen LogP contribution in [0.1, 0.15) is 50.5 Å². The molecular weight excluding hydrogens is 456 g/mol. The molecule has 1 fully saturated rings. The van der Waals surface area contributed by atoms with E-state index in [0.29, 0.717) is 22.0 Å². The van der Waals surface area contributed by atoms with Crippen molar-refractivity contribution in [2.75, 3.05) is 12.4 Å². The molecule has 2 aromatic carbocycles. The Balaban J connectivity index is 1.54. The first-order valence-electron chi connectivity index (χ1n) is 10.8. The number of nitrogens with zero attached hydrogens (tertiary/aromatic N) is 2. The van der Waals surface area contributed by atoms with Crippen molar-refractivity contribution < 1.29 is 19.1 Å². The Bertz CT molecular complexity index is 1260. The molecule has 1 aliphatic rings. The molecule has 4 rings (SSSR count). The van der Waals surface area contributed by atoms with Crippen LogP contribution in [-0.4, -0.2) is 34.7 Å². The number of amides is 2. The number of methoxy groups -OCH3 is 1. The van der Waals surface area contributed by atoms with Gasteiger partial charge in [0.05, 0.1) is 23.8 Å². The van der Waals surface area contributed by atoms with Crippen molar-refractivity contribution in [3.63, 3.8) is 0 Å². The third-order valence-corrected chi connectivity index (χ3v) is 6.19. The van der Waals surface area contributed by atoms with Crippen molar-refractivity contribution in [2.24, 2.45) is 7.05 Å². The minimum Gasteiger partial charge on any atom is -0.465 e. The molecule has 0 radical (unpaired) electrons. The van der Waals surface area contributed by atoms with Gasteiger partial charge in [-0.2, -0.15) is 5.10 Å². The van der Waals surface area contributed by atoms with Gasteiger partial charge in [0.15, 0.2) is 0 Å². The Morgan fingerprint density at radius 1 is 1.12 bits per heavy atom. The zero-order valence-electron chi connectivity index (χ0n) is 19.1. The highest BCUT2D eigenvalue weighted by Crippen LogP contribution is 2.49. The molecule has 1 saturated carbocycles. The highest BCUT2D eigenvalue weighted by Gasteiger charge is 2.51. The molecule has 3 aromatic rings. The number of nitrogens with one attached hydrogen (secondary N) is 2. The van der Waals surface area contributed by atoms with Gasteiger partial charge in [0.1, 0.15) is 5.69 Å². The van der Waals surface area contributed by atoms with Gasteiger partial charge >= 0.3 is 5.97 Å². The second-order valence-electron chi connectivity index (χ2n) is 8.43. The SMILES string of the molecule is COC(=O)c1cc(CNC(=O)c2cc(C)nn2C)cc(NC(=O)C2(c3ccc(Cl)cc3)CC2)c1. The van der Waals surface area contributed by atoms with E-state index in [1.165, 1.54) is 11.8 Å². The quantitative estimate of drug-likeness (QED) is 0.501. The normalized spacial score (nSPS) is 13.8. The lowest BCUT2D eigenvalue weighted by molar-refractivity contribution is -0.118. The number of ether oxygens (including phenoxy) is 1. The van der Waals surface area contributed by atoms with Crippen molar-refractivity contribution in [1.82, 2.24) is 15.1 Å². The Kier molecular flexibility index (Phi) is 6.43. The molecule has 0 aliphatic heterocycles. The van der Waals surface area contributed by atoms with E-state index >= 15 is 0 Å². The van der Waals surface area contributed by atoms with E-state index < -0.39 is 11.4 Å². The van der Waals surface area contributed by atoms with Crippen molar-refractivity contribution >= 4 is 35.1 Å². The topological polar surface area (TPSA) is 102 Å². The molecule has 34 heavy (non-hydrogen) atoms. The molecule has 2 amide bonds. The Hall–Kier alpha value is -3.65. The van der Waals surface area contributed by atoms with Crippen LogP contribution in [0.4, 0.5) is 5.69 Å². The lowest BCUT2D eigenvalue weighted by atomic mass is 9.95. The summed E-state index contributed by atoms with van der Waals surface area (Å²) in [5.74, 6) is -0.987. The number of aromatic nitrogens is 2. The molecule has 1 aliphatic carbocycles. The van der Waals surface area contributed by atoms with E-state index in [0.717, 1.165) is 24.1 Å². The fourth-order valence-electron chi connectivity index (χ4n) is 3.99. The lowest BCUT2D eigenvalue weighted by Gasteiger charge is -2.17. The number of halogens is 1. The van der Waals surface area contributed by atoms with Gasteiger partial charge in [-0.1, -0.05) is 23.7 Å². The maximum atomic E-state index is 13.2. The summed E-state index contributed by atoms with van der Waals surface area (Å²) in [6.07, 6.45) is 1.45. The van der Waals surface area contributed by atoms with Crippen molar-refractivity contribution in [3.05, 3.63) is 81.6 Å². The molecule has 0 bridgehead atoms. The first kappa shape index (κ1) is 23.5. The summed E-state index contributed by atoms with van der Waals surface area (Å²) in [6.45, 7) is 1.96. The third kappa shape index (κ3) is 4.82. The van der Waals surface area contributed by atoms with Gasteiger partial charge in [0.25, 0.3) is 5.91 Å². The highest BCUT2D eigenvalue weighted by molar-refractivity contribution is 6.30.